The van der Waals surface area contributed by atoms with Crippen LogP contribution in [0.25, 0.3) is 0 Å². The lowest BCUT2D eigenvalue weighted by molar-refractivity contribution is -0.116. The fourth-order valence-electron chi connectivity index (χ4n) is 2.17. The van der Waals surface area contributed by atoms with Crippen molar-refractivity contribution in [2.24, 2.45) is 5.92 Å². The van der Waals surface area contributed by atoms with Gasteiger partial charge in [0.25, 0.3) is 0 Å². The zero-order valence-corrected chi connectivity index (χ0v) is 15.1. The Morgan fingerprint density at radius 1 is 1.28 bits per heavy atom. The minimum absolute atomic E-state index is 0.0490. The molecule has 2 rings (SSSR count). The summed E-state index contributed by atoms with van der Waals surface area (Å²) in [5, 5.41) is 6.07. The number of aromatic nitrogens is 1. The highest BCUT2D eigenvalue weighted by molar-refractivity contribution is 7.89. The van der Waals surface area contributed by atoms with Gasteiger partial charge in [-0.15, -0.1) is 0 Å². The molecule has 1 aromatic heterocycles. The van der Waals surface area contributed by atoms with E-state index in [9.17, 15) is 13.2 Å². The Morgan fingerprint density at radius 3 is 2.48 bits per heavy atom. The number of hydrogen-bond donors (Lipinski definition) is 1. The van der Waals surface area contributed by atoms with Gasteiger partial charge in [-0.05, 0) is 30.2 Å². The van der Waals surface area contributed by atoms with Gasteiger partial charge in [0.05, 0.1) is 18.6 Å². The minimum atomic E-state index is -3.82. The van der Waals surface area contributed by atoms with Gasteiger partial charge in [0.1, 0.15) is 12.0 Å². The molecule has 0 fully saturated rings. The van der Waals surface area contributed by atoms with Gasteiger partial charge in [0.2, 0.25) is 15.9 Å². The Kier molecular flexibility index (Phi) is 6.16. The van der Waals surface area contributed by atoms with Crippen molar-refractivity contribution >= 4 is 21.7 Å². The van der Waals surface area contributed by atoms with Crippen LogP contribution in [-0.2, 0) is 14.8 Å². The van der Waals surface area contributed by atoms with Crippen LogP contribution in [0, 0.1) is 5.92 Å². The molecule has 8 nitrogen and oxygen atoms in total. The second kappa shape index (κ2) is 8.13. The zero-order valence-electron chi connectivity index (χ0n) is 14.3. The Hall–Kier alpha value is -2.39. The third kappa shape index (κ3) is 5.04. The largest absolute Gasteiger partial charge is 0.497 e. The summed E-state index contributed by atoms with van der Waals surface area (Å²) < 4.78 is 36.6. The number of anilines is 1. The number of sulfonamides is 1. The average Bonchev–Trinajstić information content (AvgIpc) is 3.06. The smallest absolute Gasteiger partial charge is 0.243 e. The molecule has 1 N–H and O–H groups in total. The molecular weight excluding hydrogens is 346 g/mol. The quantitative estimate of drug-likeness (QED) is 0.765. The second-order valence-corrected chi connectivity index (χ2v) is 7.74. The molecule has 2 aromatic rings. The number of carbonyl (C=O) groups excluding carboxylic acids is 1. The van der Waals surface area contributed by atoms with E-state index in [1.165, 1.54) is 31.6 Å². The minimum Gasteiger partial charge on any atom is -0.497 e. The molecular formula is C16H21N3O5S. The van der Waals surface area contributed by atoms with Crippen LogP contribution in [0.15, 0.2) is 46.0 Å². The predicted octanol–water partition coefficient (Wildman–Crippen LogP) is 1.97. The SMILES string of the molecule is COc1ccc(S(=O)(=O)N(CC(=O)Nc2ccon2)CC(C)C)cc1. The summed E-state index contributed by atoms with van der Waals surface area (Å²) in [6, 6.07) is 7.52. The maximum Gasteiger partial charge on any atom is 0.243 e. The summed E-state index contributed by atoms with van der Waals surface area (Å²) in [6.07, 6.45) is 1.32. The van der Waals surface area contributed by atoms with Gasteiger partial charge in [-0.3, -0.25) is 4.79 Å². The van der Waals surface area contributed by atoms with Gasteiger partial charge in [-0.25, -0.2) is 8.42 Å². The normalized spacial score (nSPS) is 11.7. The number of hydrogen-bond acceptors (Lipinski definition) is 6. The van der Waals surface area contributed by atoms with Crippen LogP contribution < -0.4 is 10.1 Å². The molecule has 0 aliphatic carbocycles. The van der Waals surface area contributed by atoms with Gasteiger partial charge >= 0.3 is 0 Å². The first-order valence-electron chi connectivity index (χ1n) is 7.67. The molecule has 9 heteroatoms. The third-order valence-corrected chi connectivity index (χ3v) is 5.12. The monoisotopic (exact) mass is 367 g/mol. The van der Waals surface area contributed by atoms with Crippen molar-refractivity contribution in [3.8, 4) is 5.75 Å². The van der Waals surface area contributed by atoms with Crippen LogP contribution in [0.3, 0.4) is 0 Å². The first kappa shape index (κ1) is 18.9. The molecule has 0 atom stereocenters. The molecule has 1 amide bonds. The highest BCUT2D eigenvalue weighted by atomic mass is 32.2. The number of nitrogens with zero attached hydrogens (tertiary/aromatic N) is 2. The van der Waals surface area contributed by atoms with Crippen molar-refractivity contribution in [2.75, 3.05) is 25.5 Å². The summed E-state index contributed by atoms with van der Waals surface area (Å²) in [6.45, 7) is 3.65. The molecule has 0 saturated carbocycles. The van der Waals surface area contributed by atoms with E-state index in [1.54, 1.807) is 12.1 Å². The van der Waals surface area contributed by atoms with E-state index in [1.807, 2.05) is 13.8 Å². The lowest BCUT2D eigenvalue weighted by Gasteiger charge is -2.23. The summed E-state index contributed by atoms with van der Waals surface area (Å²) in [4.78, 5) is 12.3. The number of carbonyl (C=O) groups is 1. The molecule has 0 spiro atoms. The number of nitrogens with one attached hydrogen (secondary N) is 1. The Morgan fingerprint density at radius 2 is 1.96 bits per heavy atom. The number of amides is 1. The lowest BCUT2D eigenvalue weighted by atomic mass is 10.2. The number of rotatable bonds is 8. The topological polar surface area (TPSA) is 102 Å². The molecule has 0 bridgehead atoms. The predicted molar refractivity (Wildman–Crippen MR) is 91.7 cm³/mol. The Labute approximate surface area is 146 Å². The maximum absolute atomic E-state index is 12.9. The molecule has 25 heavy (non-hydrogen) atoms. The van der Waals surface area contributed by atoms with Crippen molar-refractivity contribution in [3.63, 3.8) is 0 Å². The summed E-state index contributed by atoms with van der Waals surface area (Å²) in [5.41, 5.74) is 0. The fourth-order valence-corrected chi connectivity index (χ4v) is 3.73. The highest BCUT2D eigenvalue weighted by Crippen LogP contribution is 2.20. The summed E-state index contributed by atoms with van der Waals surface area (Å²) in [5.74, 6) is 0.342. The van der Waals surface area contributed by atoms with E-state index in [0.29, 0.717) is 5.75 Å². The van der Waals surface area contributed by atoms with Gasteiger partial charge in [0.15, 0.2) is 5.82 Å². The van der Waals surface area contributed by atoms with E-state index >= 15 is 0 Å². The van der Waals surface area contributed by atoms with Gasteiger partial charge in [0, 0.05) is 12.6 Å². The van der Waals surface area contributed by atoms with Crippen LogP contribution in [0.1, 0.15) is 13.8 Å². The van der Waals surface area contributed by atoms with Crippen LogP contribution in [0.4, 0.5) is 5.82 Å². The van der Waals surface area contributed by atoms with Crippen LogP contribution >= 0.6 is 0 Å². The van der Waals surface area contributed by atoms with Crippen molar-refractivity contribution in [3.05, 3.63) is 36.6 Å². The van der Waals surface area contributed by atoms with E-state index in [-0.39, 0.29) is 29.7 Å². The summed E-state index contributed by atoms with van der Waals surface area (Å²) >= 11 is 0. The Balaban J connectivity index is 2.20. The molecule has 0 saturated heterocycles. The van der Waals surface area contributed by atoms with E-state index in [2.05, 4.69) is 15.0 Å². The fraction of sp³-hybridized carbons (Fsp3) is 0.375. The number of ether oxygens (including phenoxy) is 1. The van der Waals surface area contributed by atoms with Gasteiger partial charge in [-0.1, -0.05) is 19.0 Å². The molecule has 0 aliphatic rings. The standard InChI is InChI=1S/C16H21N3O5S/c1-12(2)10-19(11-16(20)17-15-8-9-24-18-15)25(21,22)14-6-4-13(23-3)5-7-14/h4-9,12H,10-11H2,1-3H3,(H,17,18,20). The third-order valence-electron chi connectivity index (χ3n) is 3.29. The van der Waals surface area contributed by atoms with Crippen molar-refractivity contribution in [2.45, 2.75) is 18.7 Å². The lowest BCUT2D eigenvalue weighted by Crippen LogP contribution is -2.40. The van der Waals surface area contributed by atoms with Gasteiger partial charge < -0.3 is 14.6 Å². The van der Waals surface area contributed by atoms with E-state index in [0.717, 1.165) is 4.31 Å². The molecule has 0 aliphatic heterocycles. The number of methoxy groups -OCH3 is 1. The first-order chi connectivity index (χ1) is 11.8. The van der Waals surface area contributed by atoms with Crippen molar-refractivity contribution in [1.29, 1.82) is 0 Å². The molecule has 0 radical (unpaired) electrons. The van der Waals surface area contributed by atoms with E-state index < -0.39 is 15.9 Å². The van der Waals surface area contributed by atoms with Crippen LogP contribution in [0.2, 0.25) is 0 Å². The van der Waals surface area contributed by atoms with Crippen LogP contribution in [-0.4, -0.2) is 44.0 Å². The Bertz CT molecular complexity index is 786. The van der Waals surface area contributed by atoms with Crippen LogP contribution in [0.5, 0.6) is 5.75 Å². The molecule has 0 unspecified atom stereocenters. The first-order valence-corrected chi connectivity index (χ1v) is 9.11. The van der Waals surface area contributed by atoms with Crippen molar-refractivity contribution < 1.29 is 22.5 Å². The molecule has 136 valence electrons. The molecule has 1 aromatic carbocycles. The van der Waals surface area contributed by atoms with Gasteiger partial charge in [-0.2, -0.15) is 4.31 Å². The molecule has 1 heterocycles. The summed E-state index contributed by atoms with van der Waals surface area (Å²) in [7, 11) is -2.32. The second-order valence-electron chi connectivity index (χ2n) is 5.80. The number of benzene rings is 1. The average molecular weight is 367 g/mol. The maximum atomic E-state index is 12.9. The highest BCUT2D eigenvalue weighted by Gasteiger charge is 2.27. The zero-order chi connectivity index (χ0) is 18.4. The van der Waals surface area contributed by atoms with Crippen molar-refractivity contribution in [1.82, 2.24) is 9.46 Å². The van der Waals surface area contributed by atoms with E-state index in [4.69, 9.17) is 4.74 Å².